The molecule has 0 atom stereocenters. The molecule has 0 aliphatic carbocycles. The molecule has 0 radical (unpaired) electrons. The average molecular weight is 419 g/mol. The van der Waals surface area contributed by atoms with Crippen molar-refractivity contribution in [2.45, 2.75) is 19.0 Å². The Bertz CT molecular complexity index is 925. The number of carbonyl (C=O) groups is 1. The van der Waals surface area contributed by atoms with Crippen molar-refractivity contribution in [3.63, 3.8) is 0 Å². The average Bonchev–Trinajstić information content (AvgIpc) is 3.03. The lowest BCUT2D eigenvalue weighted by Gasteiger charge is -2.09. The van der Waals surface area contributed by atoms with Gasteiger partial charge in [0, 0.05) is 54.8 Å². The van der Waals surface area contributed by atoms with Gasteiger partial charge in [0.2, 0.25) is 0 Å². The van der Waals surface area contributed by atoms with Crippen LogP contribution in [0.1, 0.15) is 21.9 Å². The third-order valence-corrected chi connectivity index (χ3v) is 4.82. The smallest absolute Gasteiger partial charge is 0.251 e. The Morgan fingerprint density at radius 2 is 2.04 bits per heavy atom. The molecule has 148 valence electrons. The number of carbonyl (C=O) groups excluding carboxylic acids is 1. The summed E-state index contributed by atoms with van der Waals surface area (Å²) in [6, 6.07) is 9.23. The molecule has 7 nitrogen and oxygen atoms in total. The summed E-state index contributed by atoms with van der Waals surface area (Å²) in [5.74, 6) is 2.07. The quantitative estimate of drug-likeness (QED) is 0.451. The van der Waals surface area contributed by atoms with E-state index in [2.05, 4.69) is 25.6 Å². The number of hydrogen-bond donors (Lipinski definition) is 2. The first-order valence-corrected chi connectivity index (χ1v) is 9.57. The van der Waals surface area contributed by atoms with Gasteiger partial charge in [-0.3, -0.25) is 4.79 Å². The molecule has 2 aromatic heterocycles. The molecule has 1 aromatic carbocycles. The van der Waals surface area contributed by atoms with Crippen LogP contribution in [0.15, 0.2) is 47.9 Å². The van der Waals surface area contributed by atoms with Crippen molar-refractivity contribution in [3.05, 3.63) is 59.8 Å². The summed E-state index contributed by atoms with van der Waals surface area (Å²) in [5, 5.41) is 7.10. The SMILES string of the molecule is Cc1cc(Nc2cccc(C(=O)NCCSc3nccn3C)c2)nc(C)n1.Cl. The lowest BCUT2D eigenvalue weighted by molar-refractivity contribution is 0.0956. The molecule has 2 N–H and O–H groups in total. The second kappa shape index (κ2) is 10.1. The molecule has 0 aliphatic heterocycles. The minimum Gasteiger partial charge on any atom is -0.351 e. The van der Waals surface area contributed by atoms with Crippen LogP contribution in [-0.4, -0.2) is 37.7 Å². The highest BCUT2D eigenvalue weighted by Crippen LogP contribution is 2.17. The maximum absolute atomic E-state index is 12.4. The monoisotopic (exact) mass is 418 g/mol. The maximum atomic E-state index is 12.4. The van der Waals surface area contributed by atoms with Gasteiger partial charge >= 0.3 is 0 Å². The highest BCUT2D eigenvalue weighted by atomic mass is 35.5. The van der Waals surface area contributed by atoms with Gasteiger partial charge in [0.15, 0.2) is 5.16 Å². The zero-order valence-corrected chi connectivity index (χ0v) is 17.6. The first-order chi connectivity index (χ1) is 13.0. The Morgan fingerprint density at radius 3 is 2.75 bits per heavy atom. The van der Waals surface area contributed by atoms with Gasteiger partial charge in [-0.2, -0.15) is 0 Å². The third-order valence-electron chi connectivity index (χ3n) is 3.76. The Labute approximate surface area is 174 Å². The number of aryl methyl sites for hydroxylation is 3. The number of imidazole rings is 1. The van der Waals surface area contributed by atoms with Crippen LogP contribution >= 0.6 is 24.2 Å². The summed E-state index contributed by atoms with van der Waals surface area (Å²) < 4.78 is 1.96. The van der Waals surface area contributed by atoms with Crippen LogP contribution in [0.25, 0.3) is 0 Å². The first kappa shape index (κ1) is 21.7. The number of thioether (sulfide) groups is 1. The molecule has 0 fully saturated rings. The summed E-state index contributed by atoms with van der Waals surface area (Å²) >= 11 is 1.61. The highest BCUT2D eigenvalue weighted by molar-refractivity contribution is 7.99. The molecule has 0 saturated heterocycles. The second-order valence-electron chi connectivity index (χ2n) is 6.07. The van der Waals surface area contributed by atoms with Crippen molar-refractivity contribution in [3.8, 4) is 0 Å². The third kappa shape index (κ3) is 5.97. The van der Waals surface area contributed by atoms with Gasteiger partial charge in [-0.15, -0.1) is 12.4 Å². The lowest BCUT2D eigenvalue weighted by Crippen LogP contribution is -2.25. The Balaban J connectivity index is 0.00000280. The van der Waals surface area contributed by atoms with Gasteiger partial charge in [0.25, 0.3) is 5.91 Å². The topological polar surface area (TPSA) is 84.7 Å². The number of hydrogen-bond acceptors (Lipinski definition) is 6. The number of anilines is 2. The minimum absolute atomic E-state index is 0. The van der Waals surface area contributed by atoms with Crippen LogP contribution in [0.5, 0.6) is 0 Å². The zero-order valence-electron chi connectivity index (χ0n) is 16.0. The van der Waals surface area contributed by atoms with E-state index in [0.29, 0.717) is 23.8 Å². The minimum atomic E-state index is -0.103. The first-order valence-electron chi connectivity index (χ1n) is 8.59. The molecule has 0 saturated carbocycles. The lowest BCUT2D eigenvalue weighted by atomic mass is 10.2. The number of amides is 1. The van der Waals surface area contributed by atoms with E-state index in [1.165, 1.54) is 0 Å². The predicted octanol–water partition coefficient (Wildman–Crippen LogP) is 3.51. The van der Waals surface area contributed by atoms with E-state index < -0.39 is 0 Å². The normalized spacial score (nSPS) is 10.2. The number of nitrogens with zero attached hydrogens (tertiary/aromatic N) is 4. The van der Waals surface area contributed by atoms with Crippen LogP contribution in [0.3, 0.4) is 0 Å². The number of halogens is 1. The summed E-state index contributed by atoms with van der Waals surface area (Å²) in [6.45, 7) is 4.34. The van der Waals surface area contributed by atoms with Crippen LogP contribution in [0, 0.1) is 13.8 Å². The molecular weight excluding hydrogens is 396 g/mol. The van der Waals surface area contributed by atoms with E-state index in [9.17, 15) is 4.79 Å². The summed E-state index contributed by atoms with van der Waals surface area (Å²) in [4.78, 5) is 25.3. The van der Waals surface area contributed by atoms with Crippen molar-refractivity contribution in [2.75, 3.05) is 17.6 Å². The molecule has 3 rings (SSSR count). The Kier molecular flexibility index (Phi) is 7.83. The van der Waals surface area contributed by atoms with Crippen LogP contribution in [-0.2, 0) is 7.05 Å². The van der Waals surface area contributed by atoms with E-state index in [0.717, 1.165) is 22.3 Å². The van der Waals surface area contributed by atoms with Crippen molar-refractivity contribution < 1.29 is 4.79 Å². The second-order valence-corrected chi connectivity index (χ2v) is 7.13. The van der Waals surface area contributed by atoms with Gasteiger partial charge in [-0.25, -0.2) is 15.0 Å². The summed E-state index contributed by atoms with van der Waals surface area (Å²) in [5.41, 5.74) is 2.30. The van der Waals surface area contributed by atoms with Gasteiger partial charge in [-0.1, -0.05) is 17.8 Å². The Hall–Kier alpha value is -2.58. The maximum Gasteiger partial charge on any atom is 0.251 e. The molecule has 1 amide bonds. The number of benzene rings is 1. The number of rotatable bonds is 7. The largest absolute Gasteiger partial charge is 0.351 e. The van der Waals surface area contributed by atoms with E-state index in [4.69, 9.17) is 0 Å². The molecule has 3 aromatic rings. The molecule has 0 aliphatic rings. The molecule has 0 bridgehead atoms. The van der Waals surface area contributed by atoms with Gasteiger partial charge < -0.3 is 15.2 Å². The summed E-state index contributed by atoms with van der Waals surface area (Å²) in [7, 11) is 1.95. The fraction of sp³-hybridized carbons (Fsp3) is 0.263. The van der Waals surface area contributed by atoms with Crippen LogP contribution in [0.2, 0.25) is 0 Å². The van der Waals surface area contributed by atoms with Gasteiger partial charge in [0.05, 0.1) is 0 Å². The zero-order chi connectivity index (χ0) is 19.2. The van der Waals surface area contributed by atoms with E-state index >= 15 is 0 Å². The fourth-order valence-corrected chi connectivity index (χ4v) is 3.35. The van der Waals surface area contributed by atoms with Crippen LogP contribution < -0.4 is 10.6 Å². The Morgan fingerprint density at radius 1 is 1.21 bits per heavy atom. The molecule has 0 spiro atoms. The molecule has 9 heteroatoms. The van der Waals surface area contributed by atoms with Crippen LogP contribution in [0.4, 0.5) is 11.5 Å². The van der Waals surface area contributed by atoms with Gasteiger partial charge in [-0.05, 0) is 32.0 Å². The van der Waals surface area contributed by atoms with E-state index in [-0.39, 0.29) is 18.3 Å². The molecule has 28 heavy (non-hydrogen) atoms. The van der Waals surface area contributed by atoms with Crippen molar-refractivity contribution >= 4 is 41.6 Å². The number of aromatic nitrogens is 4. The molecule has 2 heterocycles. The van der Waals surface area contributed by atoms with Crippen molar-refractivity contribution in [2.24, 2.45) is 7.05 Å². The van der Waals surface area contributed by atoms with E-state index in [1.54, 1.807) is 24.0 Å². The van der Waals surface area contributed by atoms with Crippen molar-refractivity contribution in [1.29, 1.82) is 0 Å². The summed E-state index contributed by atoms with van der Waals surface area (Å²) in [6.07, 6.45) is 3.67. The number of nitrogens with one attached hydrogen (secondary N) is 2. The molecule has 0 unspecified atom stereocenters. The van der Waals surface area contributed by atoms with Crippen molar-refractivity contribution in [1.82, 2.24) is 24.8 Å². The van der Waals surface area contributed by atoms with Gasteiger partial charge in [0.1, 0.15) is 11.6 Å². The highest BCUT2D eigenvalue weighted by Gasteiger charge is 2.07. The van der Waals surface area contributed by atoms with E-state index in [1.807, 2.05) is 55.9 Å². The standard InChI is InChI=1S/C19H22N6OS.ClH/c1-13-11-17(23-14(2)22-13)24-16-6-4-5-15(12-16)18(26)20-8-10-27-19-21-7-9-25(19)3;/h4-7,9,11-12H,8,10H2,1-3H3,(H,20,26)(H,22,23,24);1H. The predicted molar refractivity (Wildman–Crippen MR) is 115 cm³/mol. The molecular formula is C19H23ClN6OS. The fourth-order valence-electron chi connectivity index (χ4n) is 2.57.